The van der Waals surface area contributed by atoms with Gasteiger partial charge in [0.25, 0.3) is 0 Å². The second kappa shape index (κ2) is 8.81. The van der Waals surface area contributed by atoms with Crippen LogP contribution in [-0.2, 0) is 14.3 Å². The summed E-state index contributed by atoms with van der Waals surface area (Å²) in [5, 5.41) is 12.0. The number of fused-ring (bicyclic) bond motifs is 5. The van der Waals surface area contributed by atoms with Crippen LogP contribution in [0, 0.1) is 40.4 Å². The lowest BCUT2D eigenvalue weighted by Gasteiger charge is -2.59. The Morgan fingerprint density at radius 1 is 1.12 bits per heavy atom. The van der Waals surface area contributed by atoms with Crippen molar-refractivity contribution in [1.82, 2.24) is 0 Å². The van der Waals surface area contributed by atoms with Gasteiger partial charge in [-0.05, 0) is 111 Å². The molecule has 0 radical (unpaired) electrons. The lowest BCUT2D eigenvalue weighted by atomic mass is 9.46. The van der Waals surface area contributed by atoms with Crippen molar-refractivity contribution in [3.8, 4) is 0 Å². The Morgan fingerprint density at radius 3 is 2.52 bits per heavy atom. The van der Waals surface area contributed by atoms with Gasteiger partial charge >= 0.3 is 5.97 Å². The molecule has 4 aliphatic carbocycles. The summed E-state index contributed by atoms with van der Waals surface area (Å²) in [7, 11) is 0. The van der Waals surface area contributed by atoms with E-state index in [1.807, 2.05) is 13.0 Å². The number of hydrogen-bond acceptors (Lipinski definition) is 4. The van der Waals surface area contributed by atoms with Crippen LogP contribution in [-0.4, -0.2) is 28.6 Å². The molecule has 0 aromatic carbocycles. The van der Waals surface area contributed by atoms with Crippen molar-refractivity contribution in [2.75, 3.05) is 0 Å². The summed E-state index contributed by atoms with van der Waals surface area (Å²) in [6.07, 6.45) is 11.6. The first kappa shape index (κ1) is 24.9. The molecular weight excluding hydrogens is 412 g/mol. The molecular formula is C29H46O4. The van der Waals surface area contributed by atoms with E-state index < -0.39 is 11.7 Å². The average molecular weight is 459 g/mol. The van der Waals surface area contributed by atoms with Gasteiger partial charge in [0.05, 0.1) is 0 Å². The number of allylic oxidation sites excluding steroid dienone is 1. The summed E-state index contributed by atoms with van der Waals surface area (Å²) in [6, 6.07) is 0. The standard InChI is InChI=1S/C29H46O4/c1-18(2)7-12-26(33-19(3)30)29(6,32)25-11-10-23-22-9-8-20-17-21(31)13-15-27(20,4)24(22)14-16-28(23,25)5/h17-18,22-26,32H,7-16H2,1-6H3/t22-,23-,24-,25-,26+,27-,28-,29+/m0/s1. The third-order valence-corrected chi connectivity index (χ3v) is 10.6. The molecule has 3 saturated carbocycles. The zero-order valence-electron chi connectivity index (χ0n) is 21.8. The summed E-state index contributed by atoms with van der Waals surface area (Å²) in [4.78, 5) is 24.0. The van der Waals surface area contributed by atoms with E-state index in [9.17, 15) is 14.7 Å². The quantitative estimate of drug-likeness (QED) is 0.478. The average Bonchev–Trinajstić information content (AvgIpc) is 3.09. The van der Waals surface area contributed by atoms with Crippen LogP contribution in [0.4, 0.5) is 0 Å². The van der Waals surface area contributed by atoms with Gasteiger partial charge in [-0.2, -0.15) is 0 Å². The first-order chi connectivity index (χ1) is 15.4. The van der Waals surface area contributed by atoms with E-state index in [1.165, 1.54) is 25.3 Å². The Labute approximate surface area is 200 Å². The normalized spacial score (nSPS) is 40.8. The van der Waals surface area contributed by atoms with Crippen LogP contribution < -0.4 is 0 Å². The molecule has 3 fully saturated rings. The molecule has 1 N–H and O–H groups in total. The zero-order chi connectivity index (χ0) is 24.2. The van der Waals surface area contributed by atoms with Gasteiger partial charge in [0, 0.05) is 13.3 Å². The molecule has 0 amide bonds. The fourth-order valence-corrected chi connectivity index (χ4v) is 8.90. The van der Waals surface area contributed by atoms with Crippen LogP contribution in [0.3, 0.4) is 0 Å². The van der Waals surface area contributed by atoms with E-state index >= 15 is 0 Å². The monoisotopic (exact) mass is 458 g/mol. The summed E-state index contributed by atoms with van der Waals surface area (Å²) in [5.74, 6) is 2.60. The minimum absolute atomic E-state index is 0.0724. The molecule has 0 unspecified atom stereocenters. The highest BCUT2D eigenvalue weighted by Crippen LogP contribution is 2.68. The molecule has 0 aromatic rings. The minimum Gasteiger partial charge on any atom is -0.459 e. The molecule has 0 saturated heterocycles. The molecule has 0 heterocycles. The van der Waals surface area contributed by atoms with Gasteiger partial charge < -0.3 is 9.84 Å². The lowest BCUT2D eigenvalue weighted by Crippen LogP contribution is -2.56. The number of esters is 1. The van der Waals surface area contributed by atoms with Crippen molar-refractivity contribution in [3.63, 3.8) is 0 Å². The highest BCUT2D eigenvalue weighted by Gasteiger charge is 2.62. The van der Waals surface area contributed by atoms with Crippen LogP contribution in [0.2, 0.25) is 0 Å². The highest BCUT2D eigenvalue weighted by atomic mass is 16.6. The van der Waals surface area contributed by atoms with Crippen molar-refractivity contribution in [2.45, 2.75) is 117 Å². The molecule has 0 aliphatic heterocycles. The number of carbonyl (C=O) groups excluding carboxylic acids is 2. The minimum atomic E-state index is -1.02. The number of carbonyl (C=O) groups is 2. The number of hydrogen-bond donors (Lipinski definition) is 1. The van der Waals surface area contributed by atoms with Crippen molar-refractivity contribution < 1.29 is 19.4 Å². The maximum atomic E-state index is 12.1. The molecule has 4 heteroatoms. The van der Waals surface area contributed by atoms with Crippen LogP contribution in [0.5, 0.6) is 0 Å². The fraction of sp³-hybridized carbons (Fsp3) is 0.862. The van der Waals surface area contributed by atoms with Crippen LogP contribution in [0.15, 0.2) is 11.6 Å². The number of aliphatic hydroxyl groups is 1. The second-order valence-corrected chi connectivity index (χ2v) is 12.9. The predicted octanol–water partition coefficient (Wildman–Crippen LogP) is 6.25. The molecule has 4 nitrogen and oxygen atoms in total. The van der Waals surface area contributed by atoms with Crippen molar-refractivity contribution in [1.29, 1.82) is 0 Å². The Balaban J connectivity index is 1.58. The fourth-order valence-electron chi connectivity index (χ4n) is 8.90. The third-order valence-electron chi connectivity index (χ3n) is 10.6. The Hall–Kier alpha value is -1.16. The van der Waals surface area contributed by atoms with Gasteiger partial charge in [-0.3, -0.25) is 9.59 Å². The van der Waals surface area contributed by atoms with E-state index in [4.69, 9.17) is 4.74 Å². The predicted molar refractivity (Wildman–Crippen MR) is 130 cm³/mol. The molecule has 8 atom stereocenters. The first-order valence-electron chi connectivity index (χ1n) is 13.5. The first-order valence-corrected chi connectivity index (χ1v) is 13.5. The lowest BCUT2D eigenvalue weighted by molar-refractivity contribution is -0.183. The summed E-state index contributed by atoms with van der Waals surface area (Å²) in [5.41, 5.74) is 0.644. The number of ketones is 1. The van der Waals surface area contributed by atoms with Gasteiger partial charge in [-0.25, -0.2) is 0 Å². The van der Waals surface area contributed by atoms with E-state index in [0.717, 1.165) is 38.5 Å². The van der Waals surface area contributed by atoms with E-state index in [1.54, 1.807) is 0 Å². The smallest absolute Gasteiger partial charge is 0.303 e. The van der Waals surface area contributed by atoms with Crippen LogP contribution in [0.25, 0.3) is 0 Å². The Kier molecular flexibility index (Phi) is 6.66. The van der Waals surface area contributed by atoms with Gasteiger partial charge in [0.15, 0.2) is 5.78 Å². The van der Waals surface area contributed by atoms with Gasteiger partial charge in [0.2, 0.25) is 0 Å². The molecule has 4 rings (SSSR count). The Bertz CT molecular complexity index is 810. The molecule has 33 heavy (non-hydrogen) atoms. The maximum Gasteiger partial charge on any atom is 0.303 e. The molecule has 0 bridgehead atoms. The van der Waals surface area contributed by atoms with Gasteiger partial charge in [-0.15, -0.1) is 0 Å². The van der Waals surface area contributed by atoms with Crippen LogP contribution >= 0.6 is 0 Å². The summed E-state index contributed by atoms with van der Waals surface area (Å²) >= 11 is 0. The largest absolute Gasteiger partial charge is 0.459 e. The zero-order valence-corrected chi connectivity index (χ0v) is 21.8. The summed E-state index contributed by atoms with van der Waals surface area (Å²) < 4.78 is 5.78. The summed E-state index contributed by atoms with van der Waals surface area (Å²) in [6.45, 7) is 12.6. The number of ether oxygens (including phenoxy) is 1. The van der Waals surface area contributed by atoms with Crippen molar-refractivity contribution in [3.05, 3.63) is 11.6 Å². The van der Waals surface area contributed by atoms with E-state index in [2.05, 4.69) is 27.7 Å². The van der Waals surface area contributed by atoms with Gasteiger partial charge in [-0.1, -0.05) is 33.3 Å². The van der Waals surface area contributed by atoms with E-state index in [-0.39, 0.29) is 22.7 Å². The maximum absolute atomic E-state index is 12.1. The Morgan fingerprint density at radius 2 is 1.85 bits per heavy atom. The molecule has 4 aliphatic rings. The van der Waals surface area contributed by atoms with Crippen molar-refractivity contribution >= 4 is 11.8 Å². The third kappa shape index (κ3) is 4.23. The second-order valence-electron chi connectivity index (χ2n) is 12.9. The van der Waals surface area contributed by atoms with E-state index in [0.29, 0.717) is 42.3 Å². The van der Waals surface area contributed by atoms with Crippen molar-refractivity contribution in [2.24, 2.45) is 40.4 Å². The molecule has 0 aromatic heterocycles. The van der Waals surface area contributed by atoms with Crippen LogP contribution in [0.1, 0.15) is 106 Å². The topological polar surface area (TPSA) is 63.6 Å². The molecule has 186 valence electrons. The SMILES string of the molecule is CC(=O)O[C@H](CCC(C)C)[C@](C)(O)[C@H]1CC[C@H]2[C@@H]3CCC4=CC(=O)CC[C@]4(C)[C@H]3CC[C@]12C. The molecule has 0 spiro atoms. The number of rotatable bonds is 6. The van der Waals surface area contributed by atoms with Gasteiger partial charge in [0.1, 0.15) is 11.7 Å². The highest BCUT2D eigenvalue weighted by molar-refractivity contribution is 5.91.